The lowest BCUT2D eigenvalue weighted by Crippen LogP contribution is -2.49. The van der Waals surface area contributed by atoms with Crippen LogP contribution >= 0.6 is 11.3 Å². The smallest absolute Gasteiger partial charge is 0.261 e. The van der Waals surface area contributed by atoms with Gasteiger partial charge in [-0.15, -0.1) is 11.3 Å². The zero-order chi connectivity index (χ0) is 23.3. The summed E-state index contributed by atoms with van der Waals surface area (Å²) in [6.45, 7) is 4.54. The summed E-state index contributed by atoms with van der Waals surface area (Å²) in [6.07, 6.45) is 3.53. The van der Waals surface area contributed by atoms with Crippen molar-refractivity contribution in [2.24, 2.45) is 0 Å². The minimum absolute atomic E-state index is 0.00822. The maximum absolute atomic E-state index is 13.5. The van der Waals surface area contributed by atoms with Gasteiger partial charge in [0.25, 0.3) is 11.8 Å². The molecule has 2 amide bonds. The highest BCUT2D eigenvalue weighted by Crippen LogP contribution is 2.26. The van der Waals surface area contributed by atoms with Gasteiger partial charge in [-0.2, -0.15) is 0 Å². The van der Waals surface area contributed by atoms with E-state index in [1.54, 1.807) is 6.20 Å². The van der Waals surface area contributed by atoms with Crippen LogP contribution in [0.1, 0.15) is 32.9 Å². The van der Waals surface area contributed by atoms with E-state index in [1.165, 1.54) is 11.3 Å². The molecule has 2 aromatic heterocycles. The Morgan fingerprint density at radius 2 is 1.62 bits per heavy atom. The molecule has 8 heteroatoms. The summed E-state index contributed by atoms with van der Waals surface area (Å²) in [7, 11) is 0. The van der Waals surface area contributed by atoms with Crippen molar-refractivity contribution in [3.63, 3.8) is 0 Å². The highest BCUT2D eigenvalue weighted by molar-refractivity contribution is 7.12. The first-order valence-electron chi connectivity index (χ1n) is 11.8. The van der Waals surface area contributed by atoms with Gasteiger partial charge in [-0.25, -0.2) is 4.98 Å². The molecule has 3 aromatic rings. The lowest BCUT2D eigenvalue weighted by atomic mass is 10.0. The van der Waals surface area contributed by atoms with Crippen LogP contribution in [0.15, 0.2) is 66.2 Å². The van der Waals surface area contributed by atoms with Crippen LogP contribution in [0.2, 0.25) is 0 Å². The first kappa shape index (κ1) is 22.4. The molecule has 4 heterocycles. The van der Waals surface area contributed by atoms with E-state index >= 15 is 0 Å². The SMILES string of the molecule is O=C(NC1CCN(c2ccccc2C(=O)N2CCN(c3ccccn3)CC2)CC1)c1cccs1. The van der Waals surface area contributed by atoms with Crippen LogP contribution in [-0.2, 0) is 0 Å². The van der Waals surface area contributed by atoms with Gasteiger partial charge in [-0.05, 0) is 48.6 Å². The highest BCUT2D eigenvalue weighted by atomic mass is 32.1. The average Bonchev–Trinajstić information content (AvgIpc) is 3.45. The Morgan fingerprint density at radius 3 is 2.32 bits per heavy atom. The number of nitrogens with zero attached hydrogens (tertiary/aromatic N) is 4. The zero-order valence-corrected chi connectivity index (χ0v) is 19.9. The Balaban J connectivity index is 1.19. The number of hydrogen-bond acceptors (Lipinski definition) is 6. The summed E-state index contributed by atoms with van der Waals surface area (Å²) in [5.41, 5.74) is 1.75. The maximum atomic E-state index is 13.5. The molecule has 0 bridgehead atoms. The number of aromatic nitrogens is 1. The van der Waals surface area contributed by atoms with Crippen LogP contribution in [0.4, 0.5) is 11.5 Å². The number of carbonyl (C=O) groups excluding carboxylic acids is 2. The van der Waals surface area contributed by atoms with Crippen LogP contribution in [0.5, 0.6) is 0 Å². The van der Waals surface area contributed by atoms with E-state index in [2.05, 4.69) is 20.1 Å². The maximum Gasteiger partial charge on any atom is 0.261 e. The van der Waals surface area contributed by atoms with Crippen molar-refractivity contribution in [2.45, 2.75) is 18.9 Å². The fraction of sp³-hybridized carbons (Fsp3) is 0.346. The lowest BCUT2D eigenvalue weighted by molar-refractivity contribution is 0.0747. The molecule has 0 saturated carbocycles. The van der Waals surface area contributed by atoms with Gasteiger partial charge in [0.1, 0.15) is 5.82 Å². The molecule has 2 aliphatic rings. The van der Waals surface area contributed by atoms with Crippen molar-refractivity contribution in [2.75, 3.05) is 49.1 Å². The normalized spacial score (nSPS) is 17.0. The Labute approximate surface area is 204 Å². The second-order valence-corrected chi connectivity index (χ2v) is 9.64. The molecule has 7 nitrogen and oxygen atoms in total. The second-order valence-electron chi connectivity index (χ2n) is 8.70. The van der Waals surface area contributed by atoms with Gasteiger partial charge < -0.3 is 20.0 Å². The minimum atomic E-state index is 0.00822. The molecule has 0 radical (unpaired) electrons. The summed E-state index contributed by atoms with van der Waals surface area (Å²) in [5.74, 6) is 1.06. The Morgan fingerprint density at radius 1 is 0.853 bits per heavy atom. The predicted molar refractivity (Wildman–Crippen MR) is 136 cm³/mol. The van der Waals surface area contributed by atoms with E-state index in [0.717, 1.165) is 61.0 Å². The van der Waals surface area contributed by atoms with Gasteiger partial charge in [-0.3, -0.25) is 9.59 Å². The van der Waals surface area contributed by atoms with Crippen molar-refractivity contribution in [1.82, 2.24) is 15.2 Å². The molecule has 1 N–H and O–H groups in total. The van der Waals surface area contributed by atoms with Crippen LogP contribution in [0, 0.1) is 0 Å². The van der Waals surface area contributed by atoms with Gasteiger partial charge in [0.15, 0.2) is 0 Å². The molecular weight excluding hydrogens is 446 g/mol. The quantitative estimate of drug-likeness (QED) is 0.612. The number of amides is 2. The topological polar surface area (TPSA) is 68.8 Å². The number of para-hydroxylation sites is 1. The number of piperidine rings is 1. The molecule has 0 aliphatic carbocycles. The van der Waals surface area contributed by atoms with Crippen LogP contribution < -0.4 is 15.1 Å². The Hall–Kier alpha value is -3.39. The molecule has 0 unspecified atom stereocenters. The number of hydrogen-bond donors (Lipinski definition) is 1. The first-order chi connectivity index (χ1) is 16.7. The third-order valence-corrected chi connectivity index (χ3v) is 7.46. The highest BCUT2D eigenvalue weighted by Gasteiger charge is 2.28. The summed E-state index contributed by atoms with van der Waals surface area (Å²) < 4.78 is 0. The molecular formula is C26H29N5O2S. The number of rotatable bonds is 5. The Kier molecular flexibility index (Phi) is 6.76. The monoisotopic (exact) mass is 475 g/mol. The van der Waals surface area contributed by atoms with Crippen molar-refractivity contribution in [1.29, 1.82) is 0 Å². The molecule has 176 valence electrons. The number of anilines is 2. The number of piperazine rings is 1. The van der Waals surface area contributed by atoms with Crippen molar-refractivity contribution < 1.29 is 9.59 Å². The summed E-state index contributed by atoms with van der Waals surface area (Å²) in [4.78, 5) is 37.5. The van der Waals surface area contributed by atoms with E-state index in [9.17, 15) is 9.59 Å². The fourth-order valence-corrected chi connectivity index (χ4v) is 5.34. The van der Waals surface area contributed by atoms with Gasteiger partial charge in [0, 0.05) is 57.2 Å². The summed E-state index contributed by atoms with van der Waals surface area (Å²) >= 11 is 1.46. The molecule has 1 aromatic carbocycles. The molecule has 34 heavy (non-hydrogen) atoms. The van der Waals surface area contributed by atoms with E-state index < -0.39 is 0 Å². The summed E-state index contributed by atoms with van der Waals surface area (Å²) in [5, 5.41) is 5.08. The lowest BCUT2D eigenvalue weighted by Gasteiger charge is -2.37. The van der Waals surface area contributed by atoms with Gasteiger partial charge >= 0.3 is 0 Å². The second kappa shape index (κ2) is 10.3. The van der Waals surface area contributed by atoms with Gasteiger partial charge in [0.05, 0.1) is 10.4 Å². The minimum Gasteiger partial charge on any atom is -0.371 e. The van der Waals surface area contributed by atoms with E-state index in [4.69, 9.17) is 0 Å². The third kappa shape index (κ3) is 4.92. The fourth-order valence-electron chi connectivity index (χ4n) is 4.71. The van der Waals surface area contributed by atoms with Gasteiger partial charge in [0.2, 0.25) is 0 Å². The standard InChI is InChI=1S/C26H29N5O2S/c32-25(23-8-5-19-34-23)28-20-10-13-29(14-11-20)22-7-2-1-6-21(22)26(33)31-17-15-30(16-18-31)24-9-3-4-12-27-24/h1-9,12,19-20H,10-11,13-18H2,(H,28,32). The largest absolute Gasteiger partial charge is 0.371 e. The molecule has 0 spiro atoms. The first-order valence-corrected chi connectivity index (χ1v) is 12.7. The predicted octanol–water partition coefficient (Wildman–Crippen LogP) is 3.50. The third-order valence-electron chi connectivity index (χ3n) is 6.59. The van der Waals surface area contributed by atoms with Crippen LogP contribution in [0.3, 0.4) is 0 Å². The molecule has 2 saturated heterocycles. The molecule has 2 fully saturated rings. The molecule has 0 atom stereocenters. The van der Waals surface area contributed by atoms with Crippen molar-refractivity contribution in [3.05, 3.63) is 76.6 Å². The summed E-state index contributed by atoms with van der Waals surface area (Å²) in [6, 6.07) is 17.8. The van der Waals surface area contributed by atoms with Crippen molar-refractivity contribution >= 4 is 34.7 Å². The van der Waals surface area contributed by atoms with Crippen LogP contribution in [-0.4, -0.2) is 67.0 Å². The zero-order valence-electron chi connectivity index (χ0n) is 19.1. The van der Waals surface area contributed by atoms with E-state index in [-0.39, 0.29) is 17.9 Å². The number of nitrogens with one attached hydrogen (secondary N) is 1. The van der Waals surface area contributed by atoms with Crippen molar-refractivity contribution in [3.8, 4) is 0 Å². The van der Waals surface area contributed by atoms with E-state index in [1.807, 2.05) is 64.9 Å². The molecule has 5 rings (SSSR count). The van der Waals surface area contributed by atoms with E-state index in [0.29, 0.717) is 13.1 Å². The number of carbonyl (C=O) groups is 2. The van der Waals surface area contributed by atoms with Gasteiger partial charge in [-0.1, -0.05) is 24.3 Å². The number of benzene rings is 1. The number of pyridine rings is 1. The average molecular weight is 476 g/mol. The number of thiophene rings is 1. The molecule has 2 aliphatic heterocycles. The Bertz CT molecular complexity index is 1110. The van der Waals surface area contributed by atoms with Crippen LogP contribution in [0.25, 0.3) is 0 Å².